The van der Waals surface area contributed by atoms with Crippen molar-refractivity contribution in [3.8, 4) is 0 Å². The summed E-state index contributed by atoms with van der Waals surface area (Å²) in [7, 11) is 1.23. The van der Waals surface area contributed by atoms with Crippen LogP contribution in [0.5, 0.6) is 0 Å². The number of methoxy groups -OCH3 is 1. The number of hydrogen-bond donors (Lipinski definition) is 2. The quantitative estimate of drug-likeness (QED) is 0.565. The number of allylic oxidation sites excluding steroid dienone is 2. The zero-order valence-electron chi connectivity index (χ0n) is 7.61. The van der Waals surface area contributed by atoms with E-state index in [9.17, 15) is 9.59 Å². The molecule has 5 nitrogen and oxygen atoms in total. The zero-order valence-corrected chi connectivity index (χ0v) is 7.61. The Bertz CT molecular complexity index is 337. The van der Waals surface area contributed by atoms with Crippen molar-refractivity contribution in [2.24, 2.45) is 0 Å². The van der Waals surface area contributed by atoms with E-state index in [2.05, 4.69) is 0 Å². The first-order valence-corrected chi connectivity index (χ1v) is 3.94. The summed E-state index contributed by atoms with van der Waals surface area (Å²) in [4.78, 5) is 22.7. The van der Waals surface area contributed by atoms with Crippen LogP contribution in [0.3, 0.4) is 0 Å². The predicted octanol–water partition coefficient (Wildman–Crippen LogP) is -1.05. The Hall–Kier alpha value is -1.46. The van der Waals surface area contributed by atoms with Crippen LogP contribution in [0.15, 0.2) is 23.0 Å². The van der Waals surface area contributed by atoms with Crippen LogP contribution in [0, 0.1) is 0 Å². The van der Waals surface area contributed by atoms with Crippen LogP contribution in [-0.4, -0.2) is 42.1 Å². The summed E-state index contributed by atoms with van der Waals surface area (Å²) in [5.41, 5.74) is -0.0984. The van der Waals surface area contributed by atoms with Crippen molar-refractivity contribution >= 4 is 11.6 Å². The molecule has 0 spiro atoms. The minimum Gasteiger partial charge on any atom is -0.492 e. The highest BCUT2D eigenvalue weighted by Gasteiger charge is 2.28. The van der Waals surface area contributed by atoms with E-state index in [0.717, 1.165) is 6.08 Å². The minimum absolute atomic E-state index is 0.0240. The summed E-state index contributed by atoms with van der Waals surface area (Å²) in [6.07, 6.45) is 1.01. The second-order valence-electron chi connectivity index (χ2n) is 2.69. The van der Waals surface area contributed by atoms with Crippen molar-refractivity contribution in [3.63, 3.8) is 0 Å². The number of ether oxygens (including phenoxy) is 1. The standard InChI is InChI=1S/C9H10O5/c1-14-9-6(4-11)7(12)2-5(3-10)8(9)13/h2,10-11H,3-4H2,1H3. The summed E-state index contributed by atoms with van der Waals surface area (Å²) in [5, 5.41) is 17.6. The van der Waals surface area contributed by atoms with Crippen LogP contribution in [0.25, 0.3) is 0 Å². The number of carbonyl (C=O) groups excluding carboxylic acids is 2. The van der Waals surface area contributed by atoms with Gasteiger partial charge in [-0.3, -0.25) is 9.59 Å². The molecule has 0 unspecified atom stereocenters. The number of aliphatic hydroxyl groups excluding tert-OH is 2. The molecule has 0 atom stereocenters. The number of rotatable bonds is 3. The molecule has 0 radical (unpaired) electrons. The molecule has 1 aliphatic carbocycles. The van der Waals surface area contributed by atoms with Crippen molar-refractivity contribution < 1.29 is 24.5 Å². The molecule has 0 heterocycles. The van der Waals surface area contributed by atoms with Gasteiger partial charge in [-0.1, -0.05) is 0 Å². The minimum atomic E-state index is -0.557. The molecule has 0 bridgehead atoms. The zero-order chi connectivity index (χ0) is 10.7. The largest absolute Gasteiger partial charge is 0.492 e. The normalized spacial score (nSPS) is 17.2. The number of Topliss-reactive ketones (excluding diaryl/α,β-unsaturated/α-hetero) is 1. The van der Waals surface area contributed by atoms with Gasteiger partial charge in [0.1, 0.15) is 0 Å². The van der Waals surface area contributed by atoms with Gasteiger partial charge in [-0.2, -0.15) is 0 Å². The van der Waals surface area contributed by atoms with Crippen LogP contribution in [0.1, 0.15) is 0 Å². The van der Waals surface area contributed by atoms with Gasteiger partial charge in [-0.25, -0.2) is 0 Å². The van der Waals surface area contributed by atoms with Crippen LogP contribution < -0.4 is 0 Å². The third-order valence-corrected chi connectivity index (χ3v) is 1.91. The Labute approximate surface area is 80.3 Å². The molecule has 0 aromatic carbocycles. The smallest absolute Gasteiger partial charge is 0.226 e. The molecular formula is C9H10O5. The van der Waals surface area contributed by atoms with E-state index in [1.54, 1.807) is 0 Å². The number of carbonyl (C=O) groups is 2. The number of aliphatic hydroxyl groups is 2. The van der Waals surface area contributed by atoms with E-state index in [1.165, 1.54) is 7.11 Å². The highest BCUT2D eigenvalue weighted by molar-refractivity contribution is 6.22. The maximum Gasteiger partial charge on any atom is 0.226 e. The Kier molecular flexibility index (Phi) is 3.16. The topological polar surface area (TPSA) is 83.8 Å². The molecule has 1 rings (SSSR count). The van der Waals surface area contributed by atoms with Crippen LogP contribution >= 0.6 is 0 Å². The van der Waals surface area contributed by atoms with Gasteiger partial charge >= 0.3 is 0 Å². The molecule has 0 aliphatic heterocycles. The van der Waals surface area contributed by atoms with Crippen LogP contribution in [-0.2, 0) is 14.3 Å². The third kappa shape index (κ3) is 1.59. The van der Waals surface area contributed by atoms with Gasteiger partial charge < -0.3 is 14.9 Å². The summed E-state index contributed by atoms with van der Waals surface area (Å²) in [5.74, 6) is -1.25. The molecule has 5 heteroatoms. The molecule has 1 aliphatic rings. The van der Waals surface area contributed by atoms with Crippen LogP contribution in [0.2, 0.25) is 0 Å². The molecule has 0 saturated heterocycles. The summed E-state index contributed by atoms with van der Waals surface area (Å²) in [6, 6.07) is 0. The van der Waals surface area contributed by atoms with Gasteiger partial charge in [0.15, 0.2) is 11.5 Å². The average Bonchev–Trinajstić information content (AvgIpc) is 2.20. The number of ketones is 2. The van der Waals surface area contributed by atoms with Gasteiger partial charge in [-0.15, -0.1) is 0 Å². The third-order valence-electron chi connectivity index (χ3n) is 1.91. The SMILES string of the molecule is COC1=C(CO)C(=O)C=C(CO)C1=O. The Balaban J connectivity index is 3.17. The van der Waals surface area contributed by atoms with E-state index in [0.29, 0.717) is 0 Å². The van der Waals surface area contributed by atoms with E-state index in [1.807, 2.05) is 0 Å². The van der Waals surface area contributed by atoms with Gasteiger partial charge in [-0.05, 0) is 6.08 Å². The van der Waals surface area contributed by atoms with Crippen LogP contribution in [0.4, 0.5) is 0 Å². The fourth-order valence-electron chi connectivity index (χ4n) is 1.19. The molecule has 2 N–H and O–H groups in total. The molecular weight excluding hydrogens is 188 g/mol. The van der Waals surface area contributed by atoms with Crippen molar-refractivity contribution in [1.29, 1.82) is 0 Å². The summed E-state index contributed by atoms with van der Waals surface area (Å²) < 4.78 is 4.71. The average molecular weight is 198 g/mol. The molecule has 0 fully saturated rings. The lowest BCUT2D eigenvalue weighted by atomic mass is 9.96. The van der Waals surface area contributed by atoms with Gasteiger partial charge in [0.2, 0.25) is 5.78 Å². The first-order chi connectivity index (χ1) is 6.65. The van der Waals surface area contributed by atoms with Crippen molar-refractivity contribution in [3.05, 3.63) is 23.0 Å². The van der Waals surface area contributed by atoms with Crippen molar-refractivity contribution in [2.75, 3.05) is 20.3 Å². The second kappa shape index (κ2) is 4.17. The second-order valence-corrected chi connectivity index (χ2v) is 2.69. The lowest BCUT2D eigenvalue weighted by Crippen LogP contribution is -2.23. The highest BCUT2D eigenvalue weighted by Crippen LogP contribution is 2.19. The van der Waals surface area contributed by atoms with E-state index >= 15 is 0 Å². The highest BCUT2D eigenvalue weighted by atomic mass is 16.5. The summed E-state index contributed by atoms with van der Waals surface area (Å²) in [6.45, 7) is -1.07. The molecule has 0 aromatic rings. The van der Waals surface area contributed by atoms with Crippen molar-refractivity contribution in [1.82, 2.24) is 0 Å². The van der Waals surface area contributed by atoms with E-state index in [4.69, 9.17) is 14.9 Å². The molecule has 0 saturated carbocycles. The van der Waals surface area contributed by atoms with E-state index in [-0.39, 0.29) is 16.9 Å². The molecule has 0 aromatic heterocycles. The molecule has 76 valence electrons. The fourth-order valence-corrected chi connectivity index (χ4v) is 1.19. The van der Waals surface area contributed by atoms with Gasteiger partial charge in [0.05, 0.1) is 25.9 Å². The van der Waals surface area contributed by atoms with Gasteiger partial charge in [0.25, 0.3) is 0 Å². The first-order valence-electron chi connectivity index (χ1n) is 3.94. The lowest BCUT2D eigenvalue weighted by Gasteiger charge is -2.15. The Morgan fingerprint density at radius 2 is 1.93 bits per heavy atom. The van der Waals surface area contributed by atoms with E-state index < -0.39 is 24.8 Å². The maximum absolute atomic E-state index is 11.4. The summed E-state index contributed by atoms with van der Waals surface area (Å²) >= 11 is 0. The predicted molar refractivity (Wildman–Crippen MR) is 46.3 cm³/mol. The Morgan fingerprint density at radius 3 is 2.36 bits per heavy atom. The van der Waals surface area contributed by atoms with Crippen molar-refractivity contribution in [2.45, 2.75) is 0 Å². The monoisotopic (exact) mass is 198 g/mol. The maximum atomic E-state index is 11.4. The first kappa shape index (κ1) is 10.6. The molecule has 0 amide bonds. The Morgan fingerprint density at radius 1 is 1.29 bits per heavy atom. The lowest BCUT2D eigenvalue weighted by molar-refractivity contribution is -0.119. The fraction of sp³-hybridized carbons (Fsp3) is 0.333. The van der Waals surface area contributed by atoms with Gasteiger partial charge in [0, 0.05) is 5.57 Å². The number of hydrogen-bond acceptors (Lipinski definition) is 5. The molecule has 14 heavy (non-hydrogen) atoms.